The summed E-state index contributed by atoms with van der Waals surface area (Å²) in [5.41, 5.74) is 2.43. The maximum atomic E-state index is 13.5. The highest BCUT2D eigenvalue weighted by Crippen LogP contribution is 2.44. The molecule has 2 saturated heterocycles. The fourth-order valence-electron chi connectivity index (χ4n) is 4.54. The summed E-state index contributed by atoms with van der Waals surface area (Å²) in [5, 5.41) is 0. The van der Waals surface area contributed by atoms with Gasteiger partial charge in [-0.25, -0.2) is 4.39 Å². The molecule has 0 saturated carbocycles. The maximum absolute atomic E-state index is 13.5. The quantitative estimate of drug-likeness (QED) is 0.795. The molecule has 0 radical (unpaired) electrons. The number of likely N-dealkylation sites (tertiary alicyclic amines) is 2. The van der Waals surface area contributed by atoms with Crippen LogP contribution in [-0.4, -0.2) is 42.4 Å². The first-order chi connectivity index (χ1) is 12.0. The summed E-state index contributed by atoms with van der Waals surface area (Å²) in [6.45, 7) is 4.26. The van der Waals surface area contributed by atoms with E-state index in [0.29, 0.717) is 29.0 Å². The summed E-state index contributed by atoms with van der Waals surface area (Å²) < 4.78 is 13.5. The Labute approximate surface area is 160 Å². The lowest BCUT2D eigenvalue weighted by molar-refractivity contribution is 0.0767. The van der Waals surface area contributed by atoms with Gasteiger partial charge in [0.05, 0.1) is 0 Å². The predicted molar refractivity (Wildman–Crippen MR) is 103 cm³/mol. The zero-order chi connectivity index (χ0) is 17.6. The highest BCUT2D eigenvalue weighted by atomic mass is 35.5. The minimum absolute atomic E-state index is 0. The van der Waals surface area contributed by atoms with Crippen molar-refractivity contribution in [2.45, 2.75) is 13.0 Å². The summed E-state index contributed by atoms with van der Waals surface area (Å²) in [4.78, 5) is 17.2. The lowest BCUT2D eigenvalue weighted by Crippen LogP contribution is -2.33. The van der Waals surface area contributed by atoms with Crippen molar-refractivity contribution in [1.29, 1.82) is 0 Å². The van der Waals surface area contributed by atoms with E-state index in [0.717, 1.165) is 19.6 Å². The van der Waals surface area contributed by atoms with Gasteiger partial charge in [0.1, 0.15) is 5.82 Å². The third kappa shape index (κ3) is 3.24. The van der Waals surface area contributed by atoms with Crippen LogP contribution in [0.5, 0.6) is 0 Å². The third-order valence-corrected chi connectivity index (χ3v) is 5.73. The van der Waals surface area contributed by atoms with Crippen molar-refractivity contribution >= 4 is 18.3 Å². The molecule has 0 aromatic heterocycles. The molecular weight excluding hydrogens is 351 g/mol. The number of carbonyl (C=O) groups excluding carboxylic acids is 1. The molecule has 2 aromatic rings. The number of rotatable bonds is 2. The molecule has 1 amide bonds. The van der Waals surface area contributed by atoms with Crippen molar-refractivity contribution in [3.63, 3.8) is 0 Å². The molecular formula is C21H24ClFN2O. The number of amides is 1. The first-order valence-corrected chi connectivity index (χ1v) is 8.85. The van der Waals surface area contributed by atoms with Crippen LogP contribution in [-0.2, 0) is 0 Å². The van der Waals surface area contributed by atoms with Crippen LogP contribution in [0.25, 0.3) is 0 Å². The van der Waals surface area contributed by atoms with Gasteiger partial charge in [-0.3, -0.25) is 9.69 Å². The average Bonchev–Trinajstić information content (AvgIpc) is 3.14. The van der Waals surface area contributed by atoms with Gasteiger partial charge in [0, 0.05) is 37.2 Å². The van der Waals surface area contributed by atoms with Gasteiger partial charge in [-0.15, -0.1) is 12.4 Å². The van der Waals surface area contributed by atoms with Crippen LogP contribution >= 0.6 is 12.4 Å². The van der Waals surface area contributed by atoms with Crippen LogP contribution in [0, 0.1) is 24.6 Å². The molecule has 2 fully saturated rings. The molecule has 0 spiro atoms. The van der Waals surface area contributed by atoms with Crippen LogP contribution < -0.4 is 0 Å². The van der Waals surface area contributed by atoms with Crippen LogP contribution in [0.15, 0.2) is 48.5 Å². The molecule has 0 N–H and O–H groups in total. The molecule has 2 aliphatic rings. The normalized spacial score (nSPS) is 25.0. The van der Waals surface area contributed by atoms with E-state index in [1.54, 1.807) is 19.1 Å². The van der Waals surface area contributed by atoms with Crippen molar-refractivity contribution in [3.05, 3.63) is 71.0 Å². The average molecular weight is 375 g/mol. The predicted octanol–water partition coefficient (Wildman–Crippen LogP) is 3.93. The van der Waals surface area contributed by atoms with Gasteiger partial charge in [0.25, 0.3) is 5.91 Å². The van der Waals surface area contributed by atoms with Gasteiger partial charge >= 0.3 is 0 Å². The Balaban J connectivity index is 0.00000196. The highest BCUT2D eigenvalue weighted by Gasteiger charge is 2.47. The Morgan fingerprint density at radius 3 is 2.50 bits per heavy atom. The lowest BCUT2D eigenvalue weighted by atomic mass is 9.90. The second-order valence-electron chi connectivity index (χ2n) is 7.39. The second kappa shape index (κ2) is 7.37. The molecule has 138 valence electrons. The van der Waals surface area contributed by atoms with Crippen molar-refractivity contribution < 1.29 is 9.18 Å². The topological polar surface area (TPSA) is 23.6 Å². The van der Waals surface area contributed by atoms with Gasteiger partial charge in [0.15, 0.2) is 0 Å². The molecule has 0 bridgehead atoms. The molecule has 26 heavy (non-hydrogen) atoms. The number of fused-ring (bicyclic) bond motifs is 1. The summed E-state index contributed by atoms with van der Waals surface area (Å²) in [7, 11) is 2.17. The second-order valence-corrected chi connectivity index (χ2v) is 7.39. The standard InChI is InChI=1S/C21H23FN2O.ClH/c1-14-10-16(8-9-19(14)22)21(25)24-12-17-11-23(2)20(18(17)13-24)15-6-4-3-5-7-15;/h3-10,17-18,20H,11-13H2,1-2H3;1H/t17-,18+,20-;/m0./s1. The number of benzene rings is 2. The highest BCUT2D eigenvalue weighted by molar-refractivity contribution is 5.94. The Hall–Kier alpha value is -1.91. The van der Waals surface area contributed by atoms with Gasteiger partial charge in [-0.2, -0.15) is 0 Å². The zero-order valence-corrected chi connectivity index (χ0v) is 15.9. The molecule has 2 aliphatic heterocycles. The molecule has 3 nitrogen and oxygen atoms in total. The first-order valence-electron chi connectivity index (χ1n) is 8.85. The van der Waals surface area contributed by atoms with E-state index in [9.17, 15) is 9.18 Å². The van der Waals surface area contributed by atoms with Crippen LogP contribution in [0.4, 0.5) is 4.39 Å². The third-order valence-electron chi connectivity index (χ3n) is 5.73. The Morgan fingerprint density at radius 2 is 1.81 bits per heavy atom. The van der Waals surface area contributed by atoms with Crippen molar-refractivity contribution in [3.8, 4) is 0 Å². The Morgan fingerprint density at radius 1 is 1.08 bits per heavy atom. The Bertz CT molecular complexity index is 798. The number of carbonyl (C=O) groups is 1. The fraction of sp³-hybridized carbons (Fsp3) is 0.381. The first kappa shape index (κ1) is 18.9. The summed E-state index contributed by atoms with van der Waals surface area (Å²) in [5.74, 6) is 0.714. The largest absolute Gasteiger partial charge is 0.338 e. The van der Waals surface area contributed by atoms with E-state index in [-0.39, 0.29) is 24.1 Å². The van der Waals surface area contributed by atoms with E-state index in [4.69, 9.17) is 0 Å². The van der Waals surface area contributed by atoms with Gasteiger partial charge < -0.3 is 4.90 Å². The minimum atomic E-state index is -0.263. The van der Waals surface area contributed by atoms with Crippen LogP contribution in [0.1, 0.15) is 27.5 Å². The van der Waals surface area contributed by atoms with E-state index < -0.39 is 0 Å². The SMILES string of the molecule is Cc1cc(C(=O)N2C[C@@H]3CN(C)[C@@H](c4ccccc4)[C@@H]3C2)ccc1F.Cl. The van der Waals surface area contributed by atoms with Gasteiger partial charge in [0.2, 0.25) is 0 Å². The fourth-order valence-corrected chi connectivity index (χ4v) is 4.54. The zero-order valence-electron chi connectivity index (χ0n) is 15.1. The molecule has 3 atom stereocenters. The number of halogens is 2. The smallest absolute Gasteiger partial charge is 0.253 e. The van der Waals surface area contributed by atoms with E-state index >= 15 is 0 Å². The number of nitrogens with zero attached hydrogens (tertiary/aromatic N) is 2. The van der Waals surface area contributed by atoms with Gasteiger partial charge in [-0.1, -0.05) is 30.3 Å². The van der Waals surface area contributed by atoms with Gasteiger partial charge in [-0.05, 0) is 49.2 Å². The van der Waals surface area contributed by atoms with Crippen molar-refractivity contribution in [2.24, 2.45) is 11.8 Å². The van der Waals surface area contributed by atoms with E-state index in [1.807, 2.05) is 11.0 Å². The number of aryl methyl sites for hydroxylation is 1. The minimum Gasteiger partial charge on any atom is -0.338 e. The molecule has 5 heteroatoms. The summed E-state index contributed by atoms with van der Waals surface area (Å²) in [6, 6.07) is 15.6. The monoisotopic (exact) mass is 374 g/mol. The summed E-state index contributed by atoms with van der Waals surface area (Å²) >= 11 is 0. The van der Waals surface area contributed by atoms with E-state index in [2.05, 4.69) is 36.2 Å². The molecule has 0 aliphatic carbocycles. The Kier molecular flexibility index (Phi) is 5.35. The van der Waals surface area contributed by atoms with Crippen LogP contribution in [0.3, 0.4) is 0 Å². The lowest BCUT2D eigenvalue weighted by Gasteiger charge is -2.27. The van der Waals surface area contributed by atoms with E-state index in [1.165, 1.54) is 11.6 Å². The van der Waals surface area contributed by atoms with Crippen LogP contribution in [0.2, 0.25) is 0 Å². The van der Waals surface area contributed by atoms with Crippen molar-refractivity contribution in [1.82, 2.24) is 9.80 Å². The number of hydrogen-bond acceptors (Lipinski definition) is 2. The summed E-state index contributed by atoms with van der Waals surface area (Å²) in [6.07, 6.45) is 0. The molecule has 0 unspecified atom stereocenters. The molecule has 4 rings (SSSR count). The van der Waals surface area contributed by atoms with Crippen molar-refractivity contribution in [2.75, 3.05) is 26.7 Å². The number of hydrogen-bond donors (Lipinski definition) is 0. The molecule has 2 heterocycles. The maximum Gasteiger partial charge on any atom is 0.253 e. The molecule has 2 aromatic carbocycles.